The number of para-hydroxylation sites is 1. The van der Waals surface area contributed by atoms with Crippen LogP contribution in [0.15, 0.2) is 59.2 Å². The van der Waals surface area contributed by atoms with Crippen molar-refractivity contribution < 1.29 is 13.9 Å². The molecule has 1 aliphatic rings. The van der Waals surface area contributed by atoms with Crippen molar-refractivity contribution in [2.75, 3.05) is 26.7 Å². The van der Waals surface area contributed by atoms with Crippen LogP contribution in [0.4, 0.5) is 0 Å². The van der Waals surface area contributed by atoms with Gasteiger partial charge in [-0.25, -0.2) is 0 Å². The largest absolute Gasteiger partial charge is 0.485 e. The molecule has 1 atom stereocenters. The van der Waals surface area contributed by atoms with Crippen LogP contribution in [0.25, 0.3) is 11.0 Å². The molecule has 5 rings (SSSR count). The molecule has 0 spiro atoms. The number of aromatic nitrogens is 4. The molecule has 1 N–H and O–H groups in total. The highest BCUT2D eigenvalue weighted by atomic mass is 16.5. The standard InChI is InChI=1S/C25H28N6O3/c1-30(25(32)14-19-16-34-23-10-3-2-9-21(19)23)22(15-31-11-4-5-12-31)18-7-6-8-20(13-18)33-17-24-26-28-29-27-24/h2-3,6-10,13,16,22H,4-5,11-12,14-15,17H2,1H3,(H,26,27,28,29). The van der Waals surface area contributed by atoms with Crippen molar-refractivity contribution in [2.24, 2.45) is 0 Å². The van der Waals surface area contributed by atoms with Gasteiger partial charge in [0.25, 0.3) is 0 Å². The lowest BCUT2D eigenvalue weighted by molar-refractivity contribution is -0.131. The number of H-pyrrole nitrogens is 1. The zero-order valence-electron chi connectivity index (χ0n) is 19.2. The van der Waals surface area contributed by atoms with E-state index in [1.807, 2.05) is 54.4 Å². The SMILES string of the molecule is CN(C(=O)Cc1coc2ccccc12)C(CN1CCCC1)c1cccc(OCc2nn[nH]n2)c1. The summed E-state index contributed by atoms with van der Waals surface area (Å²) in [6, 6.07) is 15.6. The number of nitrogens with one attached hydrogen (secondary N) is 1. The van der Waals surface area contributed by atoms with Gasteiger partial charge in [0.2, 0.25) is 11.7 Å². The van der Waals surface area contributed by atoms with Crippen LogP contribution in [-0.4, -0.2) is 63.0 Å². The normalized spacial score (nSPS) is 15.0. The Balaban J connectivity index is 1.35. The van der Waals surface area contributed by atoms with Gasteiger partial charge in [-0.15, -0.1) is 10.2 Å². The Labute approximate surface area is 197 Å². The minimum Gasteiger partial charge on any atom is -0.485 e. The van der Waals surface area contributed by atoms with Crippen LogP contribution >= 0.6 is 0 Å². The maximum absolute atomic E-state index is 13.4. The minimum atomic E-state index is -0.0995. The summed E-state index contributed by atoms with van der Waals surface area (Å²) in [7, 11) is 1.89. The van der Waals surface area contributed by atoms with Crippen LogP contribution in [0.2, 0.25) is 0 Å². The molecule has 176 valence electrons. The third-order valence-electron chi connectivity index (χ3n) is 6.39. The van der Waals surface area contributed by atoms with Crippen molar-refractivity contribution in [2.45, 2.75) is 31.9 Å². The second-order valence-corrected chi connectivity index (χ2v) is 8.65. The molecule has 0 saturated carbocycles. The fourth-order valence-electron chi connectivity index (χ4n) is 4.50. The Bertz CT molecular complexity index is 1230. The Morgan fingerprint density at radius 1 is 1.21 bits per heavy atom. The van der Waals surface area contributed by atoms with Gasteiger partial charge in [0.15, 0.2) is 6.61 Å². The Morgan fingerprint density at radius 2 is 2.06 bits per heavy atom. The molecule has 3 heterocycles. The Morgan fingerprint density at radius 3 is 2.88 bits per heavy atom. The van der Waals surface area contributed by atoms with Gasteiger partial charge in [-0.1, -0.05) is 35.5 Å². The van der Waals surface area contributed by atoms with E-state index in [1.54, 1.807) is 6.26 Å². The molecule has 34 heavy (non-hydrogen) atoms. The molecule has 2 aromatic carbocycles. The maximum Gasteiger partial charge on any atom is 0.227 e. The van der Waals surface area contributed by atoms with E-state index < -0.39 is 0 Å². The lowest BCUT2D eigenvalue weighted by Gasteiger charge is -2.32. The molecular formula is C25H28N6O3. The van der Waals surface area contributed by atoms with E-state index in [9.17, 15) is 4.79 Å². The van der Waals surface area contributed by atoms with Crippen molar-refractivity contribution in [1.82, 2.24) is 30.4 Å². The Hall–Kier alpha value is -3.72. The summed E-state index contributed by atoms with van der Waals surface area (Å²) in [5.41, 5.74) is 2.74. The van der Waals surface area contributed by atoms with E-state index in [0.29, 0.717) is 11.6 Å². The summed E-state index contributed by atoms with van der Waals surface area (Å²) in [5, 5.41) is 14.8. The van der Waals surface area contributed by atoms with Crippen LogP contribution in [0, 0.1) is 0 Å². The van der Waals surface area contributed by atoms with Crippen LogP contribution in [0.5, 0.6) is 5.75 Å². The van der Waals surface area contributed by atoms with E-state index in [2.05, 4.69) is 31.6 Å². The predicted molar refractivity (Wildman–Crippen MR) is 126 cm³/mol. The number of furan rings is 1. The van der Waals surface area contributed by atoms with Crippen molar-refractivity contribution in [3.05, 3.63) is 71.7 Å². The highest BCUT2D eigenvalue weighted by molar-refractivity contribution is 5.87. The van der Waals surface area contributed by atoms with Crippen LogP contribution in [-0.2, 0) is 17.8 Å². The fraction of sp³-hybridized carbons (Fsp3) is 0.360. The quantitative estimate of drug-likeness (QED) is 0.409. The first kappa shape index (κ1) is 22.1. The molecule has 9 nitrogen and oxygen atoms in total. The summed E-state index contributed by atoms with van der Waals surface area (Å²) in [5.74, 6) is 1.24. The van der Waals surface area contributed by atoms with Crippen LogP contribution in [0.3, 0.4) is 0 Å². The first-order valence-electron chi connectivity index (χ1n) is 11.6. The van der Waals surface area contributed by atoms with Gasteiger partial charge in [0.05, 0.1) is 18.7 Å². The van der Waals surface area contributed by atoms with Gasteiger partial charge >= 0.3 is 0 Å². The van der Waals surface area contributed by atoms with Gasteiger partial charge < -0.3 is 19.0 Å². The van der Waals surface area contributed by atoms with Crippen molar-refractivity contribution in [3.8, 4) is 5.75 Å². The molecule has 1 fully saturated rings. The number of hydrogen-bond acceptors (Lipinski definition) is 7. The average Bonchev–Trinajstić information content (AvgIpc) is 3.64. The molecule has 1 unspecified atom stereocenters. The molecule has 1 aliphatic heterocycles. The number of carbonyl (C=O) groups is 1. The van der Waals surface area contributed by atoms with E-state index in [1.165, 1.54) is 12.8 Å². The summed E-state index contributed by atoms with van der Waals surface area (Å²) >= 11 is 0. The second-order valence-electron chi connectivity index (χ2n) is 8.65. The predicted octanol–water partition coefficient (Wildman–Crippen LogP) is 3.36. The number of rotatable bonds is 9. The number of ether oxygens (including phenoxy) is 1. The fourth-order valence-corrected chi connectivity index (χ4v) is 4.50. The third-order valence-corrected chi connectivity index (χ3v) is 6.39. The lowest BCUT2D eigenvalue weighted by Crippen LogP contribution is -2.39. The van der Waals surface area contributed by atoms with E-state index in [-0.39, 0.29) is 25.0 Å². The highest BCUT2D eigenvalue weighted by Crippen LogP contribution is 2.28. The van der Waals surface area contributed by atoms with E-state index >= 15 is 0 Å². The second kappa shape index (κ2) is 10.0. The highest BCUT2D eigenvalue weighted by Gasteiger charge is 2.26. The van der Waals surface area contributed by atoms with Crippen LogP contribution < -0.4 is 4.74 Å². The van der Waals surface area contributed by atoms with Gasteiger partial charge in [0.1, 0.15) is 11.3 Å². The minimum absolute atomic E-state index is 0.0499. The van der Waals surface area contributed by atoms with E-state index in [0.717, 1.165) is 41.7 Å². The number of aromatic amines is 1. The summed E-state index contributed by atoms with van der Waals surface area (Å²) in [6.45, 7) is 3.11. The topological polar surface area (TPSA) is 100 Å². The number of fused-ring (bicyclic) bond motifs is 1. The van der Waals surface area contributed by atoms with Gasteiger partial charge in [-0.05, 0) is 49.7 Å². The number of likely N-dealkylation sites (N-methyl/N-ethyl adjacent to an activating group) is 1. The molecule has 0 radical (unpaired) electrons. The van der Waals surface area contributed by atoms with Crippen LogP contribution in [0.1, 0.15) is 35.8 Å². The summed E-state index contributed by atoms with van der Waals surface area (Å²) < 4.78 is 11.5. The molecule has 4 aromatic rings. The number of benzene rings is 2. The molecule has 0 aliphatic carbocycles. The lowest BCUT2D eigenvalue weighted by atomic mass is 10.0. The van der Waals surface area contributed by atoms with Crippen molar-refractivity contribution in [3.63, 3.8) is 0 Å². The van der Waals surface area contributed by atoms with Gasteiger partial charge in [-0.3, -0.25) is 4.79 Å². The zero-order valence-corrected chi connectivity index (χ0v) is 19.2. The first-order valence-corrected chi connectivity index (χ1v) is 11.6. The van der Waals surface area contributed by atoms with E-state index in [4.69, 9.17) is 9.15 Å². The molecular weight excluding hydrogens is 432 g/mol. The zero-order chi connectivity index (χ0) is 23.3. The maximum atomic E-state index is 13.4. The number of carbonyl (C=O) groups excluding carboxylic acids is 1. The monoisotopic (exact) mass is 460 g/mol. The van der Waals surface area contributed by atoms with Gasteiger partial charge in [0, 0.05) is 24.5 Å². The average molecular weight is 461 g/mol. The van der Waals surface area contributed by atoms with Crippen molar-refractivity contribution >= 4 is 16.9 Å². The number of likely N-dealkylation sites (tertiary alicyclic amines) is 1. The Kier molecular flexibility index (Phi) is 6.53. The number of hydrogen-bond donors (Lipinski definition) is 1. The summed E-state index contributed by atoms with van der Waals surface area (Å²) in [6.07, 6.45) is 4.37. The number of nitrogens with zero attached hydrogens (tertiary/aromatic N) is 5. The van der Waals surface area contributed by atoms with Crippen molar-refractivity contribution in [1.29, 1.82) is 0 Å². The molecule has 0 bridgehead atoms. The molecule has 1 amide bonds. The smallest absolute Gasteiger partial charge is 0.227 e. The van der Waals surface area contributed by atoms with Gasteiger partial charge in [-0.2, -0.15) is 5.21 Å². The molecule has 9 heteroatoms. The first-order chi connectivity index (χ1) is 16.7. The number of amides is 1. The third kappa shape index (κ3) is 4.94. The molecule has 2 aromatic heterocycles. The number of tetrazole rings is 1. The molecule has 1 saturated heterocycles. The summed E-state index contributed by atoms with van der Waals surface area (Å²) in [4.78, 5) is 17.7.